The van der Waals surface area contributed by atoms with Crippen molar-refractivity contribution in [1.29, 1.82) is 0 Å². The summed E-state index contributed by atoms with van der Waals surface area (Å²) in [7, 11) is 2.09. The number of likely N-dealkylation sites (tertiary alicyclic amines) is 1. The van der Waals surface area contributed by atoms with Crippen LogP contribution in [0.4, 0.5) is 0 Å². The highest BCUT2D eigenvalue weighted by Crippen LogP contribution is 2.17. The van der Waals surface area contributed by atoms with Crippen molar-refractivity contribution in [1.82, 2.24) is 10.2 Å². The number of hydrogen-bond acceptors (Lipinski definition) is 4. The summed E-state index contributed by atoms with van der Waals surface area (Å²) < 4.78 is 0. The molecule has 0 aliphatic carbocycles. The molecule has 1 saturated heterocycles. The molecule has 0 saturated carbocycles. The third-order valence-electron chi connectivity index (χ3n) is 3.12. The molecule has 0 bridgehead atoms. The van der Waals surface area contributed by atoms with Crippen LogP contribution < -0.4 is 11.1 Å². The van der Waals surface area contributed by atoms with Crippen LogP contribution in [0.5, 0.6) is 0 Å². The van der Waals surface area contributed by atoms with E-state index < -0.39 is 17.9 Å². The van der Waals surface area contributed by atoms with E-state index in [9.17, 15) is 9.59 Å². The summed E-state index contributed by atoms with van der Waals surface area (Å²) in [6.45, 7) is 2.67. The number of nitrogens with one attached hydrogen (secondary N) is 1. The number of nitrogens with zero attached hydrogens (tertiary/aromatic N) is 1. The van der Waals surface area contributed by atoms with Crippen LogP contribution >= 0.6 is 0 Å². The third-order valence-corrected chi connectivity index (χ3v) is 3.12. The van der Waals surface area contributed by atoms with Crippen molar-refractivity contribution < 1.29 is 14.7 Å². The lowest BCUT2D eigenvalue weighted by Gasteiger charge is -2.29. The van der Waals surface area contributed by atoms with Crippen LogP contribution in [0.15, 0.2) is 0 Å². The second kappa shape index (κ2) is 6.56. The first-order valence-corrected chi connectivity index (χ1v) is 5.95. The Morgan fingerprint density at radius 3 is 2.88 bits per heavy atom. The van der Waals surface area contributed by atoms with Crippen LogP contribution in [0.2, 0.25) is 0 Å². The first kappa shape index (κ1) is 13.9. The average molecular weight is 243 g/mol. The topological polar surface area (TPSA) is 95.7 Å². The second-order valence-corrected chi connectivity index (χ2v) is 4.67. The van der Waals surface area contributed by atoms with Crippen LogP contribution in [0.25, 0.3) is 0 Å². The molecular formula is C11H21N3O3. The predicted octanol–water partition coefficient (Wildman–Crippen LogP) is -0.754. The summed E-state index contributed by atoms with van der Waals surface area (Å²) in [4.78, 5) is 24.0. The smallest absolute Gasteiger partial charge is 0.330 e. The van der Waals surface area contributed by atoms with E-state index in [0.717, 1.165) is 19.5 Å². The molecule has 2 atom stereocenters. The Kier molecular flexibility index (Phi) is 5.37. The standard InChI is InChI=1S/C11H21N3O3/c1-14-6-2-3-8(7-14)4-5-13-10(15)9(12)11(16)17/h8-9H,2-7,12H2,1H3,(H,13,15)(H,16,17). The van der Waals surface area contributed by atoms with Crippen molar-refractivity contribution in [2.75, 3.05) is 26.7 Å². The lowest BCUT2D eigenvalue weighted by atomic mass is 9.95. The molecule has 0 aromatic heterocycles. The van der Waals surface area contributed by atoms with E-state index in [1.54, 1.807) is 0 Å². The Bertz CT molecular complexity index is 283. The summed E-state index contributed by atoms with van der Waals surface area (Å²) in [5.41, 5.74) is 5.18. The van der Waals surface area contributed by atoms with Gasteiger partial charge in [-0.3, -0.25) is 4.79 Å². The number of amides is 1. The molecule has 17 heavy (non-hydrogen) atoms. The van der Waals surface area contributed by atoms with Gasteiger partial charge in [0.05, 0.1) is 0 Å². The van der Waals surface area contributed by atoms with Crippen molar-refractivity contribution in [3.05, 3.63) is 0 Å². The van der Waals surface area contributed by atoms with Gasteiger partial charge >= 0.3 is 5.97 Å². The van der Waals surface area contributed by atoms with E-state index in [0.29, 0.717) is 12.5 Å². The Morgan fingerprint density at radius 1 is 1.59 bits per heavy atom. The monoisotopic (exact) mass is 243 g/mol. The maximum absolute atomic E-state index is 11.3. The lowest BCUT2D eigenvalue weighted by Crippen LogP contribution is -2.46. The molecule has 0 aromatic rings. The van der Waals surface area contributed by atoms with Gasteiger partial charge < -0.3 is 21.1 Å². The molecule has 0 spiro atoms. The summed E-state index contributed by atoms with van der Waals surface area (Å²) in [5, 5.41) is 11.1. The molecule has 6 nitrogen and oxygen atoms in total. The average Bonchev–Trinajstić information content (AvgIpc) is 2.27. The fourth-order valence-electron chi connectivity index (χ4n) is 2.13. The number of nitrogens with two attached hydrogens (primary N) is 1. The second-order valence-electron chi connectivity index (χ2n) is 4.67. The van der Waals surface area contributed by atoms with E-state index in [1.807, 2.05) is 0 Å². The molecule has 0 aromatic carbocycles. The van der Waals surface area contributed by atoms with E-state index in [2.05, 4.69) is 17.3 Å². The summed E-state index contributed by atoms with van der Waals surface area (Å²) in [6.07, 6.45) is 3.23. The van der Waals surface area contributed by atoms with E-state index in [1.165, 1.54) is 12.8 Å². The zero-order valence-electron chi connectivity index (χ0n) is 10.2. The maximum atomic E-state index is 11.3. The van der Waals surface area contributed by atoms with Crippen molar-refractivity contribution >= 4 is 11.9 Å². The predicted molar refractivity (Wildman–Crippen MR) is 63.5 cm³/mol. The molecule has 1 fully saturated rings. The highest BCUT2D eigenvalue weighted by Gasteiger charge is 2.21. The van der Waals surface area contributed by atoms with Crippen LogP contribution in [0, 0.1) is 5.92 Å². The van der Waals surface area contributed by atoms with E-state index in [4.69, 9.17) is 10.8 Å². The van der Waals surface area contributed by atoms with Gasteiger partial charge in [0.15, 0.2) is 6.04 Å². The summed E-state index contributed by atoms with van der Waals surface area (Å²) >= 11 is 0. The quantitative estimate of drug-likeness (QED) is 0.552. The molecule has 1 aliphatic rings. The Labute approximate surface area is 101 Å². The van der Waals surface area contributed by atoms with Crippen molar-refractivity contribution in [3.63, 3.8) is 0 Å². The van der Waals surface area contributed by atoms with Gasteiger partial charge in [0.25, 0.3) is 0 Å². The number of piperidine rings is 1. The number of carbonyl (C=O) groups excluding carboxylic acids is 1. The highest BCUT2D eigenvalue weighted by atomic mass is 16.4. The SMILES string of the molecule is CN1CCCC(CCNC(=O)C(N)C(=O)O)C1. The van der Waals surface area contributed by atoms with Gasteiger partial charge in [-0.2, -0.15) is 0 Å². The molecule has 0 radical (unpaired) electrons. The van der Waals surface area contributed by atoms with Gasteiger partial charge in [-0.25, -0.2) is 4.79 Å². The molecule has 1 heterocycles. The number of hydrogen-bond donors (Lipinski definition) is 3. The summed E-state index contributed by atoms with van der Waals surface area (Å²) in [6, 6.07) is -1.45. The van der Waals surface area contributed by atoms with Gasteiger partial charge in [0.2, 0.25) is 5.91 Å². The Hall–Kier alpha value is -1.14. The zero-order chi connectivity index (χ0) is 12.8. The minimum atomic E-state index is -1.45. The van der Waals surface area contributed by atoms with Gasteiger partial charge in [0.1, 0.15) is 0 Å². The fraction of sp³-hybridized carbons (Fsp3) is 0.818. The Balaban J connectivity index is 2.19. The maximum Gasteiger partial charge on any atom is 0.330 e. The highest BCUT2D eigenvalue weighted by molar-refractivity contribution is 6.00. The number of rotatable bonds is 5. The molecule has 6 heteroatoms. The van der Waals surface area contributed by atoms with Crippen LogP contribution in [-0.4, -0.2) is 54.6 Å². The Morgan fingerprint density at radius 2 is 2.29 bits per heavy atom. The lowest BCUT2D eigenvalue weighted by molar-refractivity contribution is -0.142. The van der Waals surface area contributed by atoms with Gasteiger partial charge in [0, 0.05) is 13.1 Å². The van der Waals surface area contributed by atoms with E-state index in [-0.39, 0.29) is 0 Å². The minimum absolute atomic E-state index is 0.498. The van der Waals surface area contributed by atoms with Crippen molar-refractivity contribution in [3.8, 4) is 0 Å². The molecular weight excluding hydrogens is 222 g/mol. The van der Waals surface area contributed by atoms with Crippen LogP contribution in [0.3, 0.4) is 0 Å². The van der Waals surface area contributed by atoms with Crippen molar-refractivity contribution in [2.45, 2.75) is 25.3 Å². The normalized spacial score (nSPS) is 23.1. The third kappa shape index (κ3) is 4.70. The summed E-state index contributed by atoms with van der Waals surface area (Å²) in [5.74, 6) is -1.32. The number of carboxylic acids is 1. The van der Waals surface area contributed by atoms with Crippen LogP contribution in [-0.2, 0) is 9.59 Å². The number of carboxylic acid groups (broad SMARTS) is 1. The molecule has 1 rings (SSSR count). The van der Waals surface area contributed by atoms with Gasteiger partial charge in [-0.1, -0.05) is 0 Å². The van der Waals surface area contributed by atoms with Crippen molar-refractivity contribution in [2.24, 2.45) is 11.7 Å². The zero-order valence-corrected chi connectivity index (χ0v) is 10.2. The molecule has 2 unspecified atom stereocenters. The molecule has 98 valence electrons. The first-order chi connectivity index (χ1) is 8.00. The van der Waals surface area contributed by atoms with Gasteiger partial charge in [-0.15, -0.1) is 0 Å². The van der Waals surface area contributed by atoms with Crippen LogP contribution in [0.1, 0.15) is 19.3 Å². The first-order valence-electron chi connectivity index (χ1n) is 5.95. The minimum Gasteiger partial charge on any atom is -0.480 e. The number of aliphatic carboxylic acids is 1. The fourth-order valence-corrected chi connectivity index (χ4v) is 2.13. The number of carbonyl (C=O) groups is 2. The largest absolute Gasteiger partial charge is 0.480 e. The molecule has 1 amide bonds. The molecule has 1 aliphatic heterocycles. The van der Waals surface area contributed by atoms with E-state index >= 15 is 0 Å². The molecule has 4 N–H and O–H groups in total. The van der Waals surface area contributed by atoms with Gasteiger partial charge in [-0.05, 0) is 38.8 Å².